The van der Waals surface area contributed by atoms with Crippen molar-refractivity contribution >= 4 is 5.91 Å². The fourth-order valence-electron chi connectivity index (χ4n) is 3.90. The minimum absolute atomic E-state index is 0.0578. The maximum atomic E-state index is 13.6. The molecule has 34 heavy (non-hydrogen) atoms. The number of amides is 1. The summed E-state index contributed by atoms with van der Waals surface area (Å²) in [5.41, 5.74) is 1.61. The van der Waals surface area contributed by atoms with E-state index in [2.05, 4.69) is 16.8 Å². The van der Waals surface area contributed by atoms with Gasteiger partial charge in [-0.3, -0.25) is 9.69 Å². The first-order valence-corrected chi connectivity index (χ1v) is 11.4. The number of carbonyl (C=O) groups excluding carboxylic acids is 1. The zero-order chi connectivity index (χ0) is 24.8. The molecule has 0 fully saturated rings. The maximum Gasteiger partial charge on any atom is 0.259 e. The molecule has 1 amide bonds. The fourth-order valence-corrected chi connectivity index (χ4v) is 3.90. The van der Waals surface area contributed by atoms with Crippen LogP contribution in [0.15, 0.2) is 36.5 Å². The number of benzene rings is 1. The highest BCUT2D eigenvalue weighted by atomic mass is 19.1. The van der Waals surface area contributed by atoms with Crippen molar-refractivity contribution in [2.24, 2.45) is 5.92 Å². The zero-order valence-electron chi connectivity index (χ0n) is 20.0. The molecule has 0 radical (unpaired) electrons. The van der Waals surface area contributed by atoms with E-state index in [0.717, 1.165) is 5.56 Å². The van der Waals surface area contributed by atoms with Crippen molar-refractivity contribution in [3.63, 3.8) is 0 Å². The van der Waals surface area contributed by atoms with Gasteiger partial charge < -0.3 is 19.8 Å². The summed E-state index contributed by atoms with van der Waals surface area (Å²) in [6.07, 6.45) is 0.403. The van der Waals surface area contributed by atoms with Crippen molar-refractivity contribution in [1.29, 1.82) is 0 Å². The molecule has 182 valence electrons. The third-order valence-corrected chi connectivity index (χ3v) is 5.78. The summed E-state index contributed by atoms with van der Waals surface area (Å²) in [6.45, 7) is 6.63. The Labute approximate surface area is 200 Å². The quantitative estimate of drug-likeness (QED) is 0.632. The van der Waals surface area contributed by atoms with Crippen molar-refractivity contribution in [3.05, 3.63) is 59.0 Å². The van der Waals surface area contributed by atoms with Crippen LogP contribution in [0.2, 0.25) is 0 Å². The van der Waals surface area contributed by atoms with Crippen molar-refractivity contribution in [1.82, 2.24) is 14.8 Å². The highest BCUT2D eigenvalue weighted by Gasteiger charge is 2.34. The average Bonchev–Trinajstić information content (AvgIpc) is 2.79. The molecular formula is C26H32FN3O4. The van der Waals surface area contributed by atoms with E-state index in [0.29, 0.717) is 25.2 Å². The molecule has 2 aromatic rings. The number of aliphatic hydroxyl groups is 2. The summed E-state index contributed by atoms with van der Waals surface area (Å²) in [6, 6.07) is 7.71. The van der Waals surface area contributed by atoms with Crippen LogP contribution in [0.5, 0.6) is 5.88 Å². The summed E-state index contributed by atoms with van der Waals surface area (Å²) in [7, 11) is 1.93. The number of aliphatic hydroxyl groups excluding tert-OH is 2. The lowest BCUT2D eigenvalue weighted by Gasteiger charge is -2.37. The molecule has 0 bridgehead atoms. The topological polar surface area (TPSA) is 86.1 Å². The summed E-state index contributed by atoms with van der Waals surface area (Å²) in [5.74, 6) is 5.05. The largest absolute Gasteiger partial charge is 0.472 e. The minimum Gasteiger partial charge on any atom is -0.472 e. The fraction of sp³-hybridized carbons (Fsp3) is 0.462. The Hall–Kier alpha value is -2.99. The van der Waals surface area contributed by atoms with Gasteiger partial charge in [0.2, 0.25) is 5.88 Å². The number of aromatic nitrogens is 1. The Morgan fingerprint density at radius 1 is 1.35 bits per heavy atom. The Morgan fingerprint density at radius 2 is 2.12 bits per heavy atom. The highest BCUT2D eigenvalue weighted by Crippen LogP contribution is 2.27. The van der Waals surface area contributed by atoms with Crippen LogP contribution in [0.25, 0.3) is 0 Å². The average molecular weight is 470 g/mol. The Kier molecular flexibility index (Phi) is 8.61. The van der Waals surface area contributed by atoms with Gasteiger partial charge in [0.05, 0.1) is 12.6 Å². The van der Waals surface area contributed by atoms with Gasteiger partial charge in [-0.05, 0) is 44.7 Å². The van der Waals surface area contributed by atoms with Gasteiger partial charge >= 0.3 is 0 Å². The molecule has 0 spiro atoms. The lowest BCUT2D eigenvalue weighted by Crippen LogP contribution is -2.49. The molecule has 1 aliphatic heterocycles. The van der Waals surface area contributed by atoms with Crippen LogP contribution in [0.1, 0.15) is 42.3 Å². The molecule has 0 saturated heterocycles. The van der Waals surface area contributed by atoms with Crippen LogP contribution in [0.4, 0.5) is 4.39 Å². The third kappa shape index (κ3) is 6.54. The number of halogens is 1. The monoisotopic (exact) mass is 469 g/mol. The van der Waals surface area contributed by atoms with Gasteiger partial charge in [-0.25, -0.2) is 9.37 Å². The molecule has 1 aromatic heterocycles. The van der Waals surface area contributed by atoms with Crippen LogP contribution < -0.4 is 4.74 Å². The number of rotatable bonds is 6. The van der Waals surface area contributed by atoms with Crippen LogP contribution >= 0.6 is 0 Å². The molecule has 7 nitrogen and oxygen atoms in total. The SMILES string of the molecule is C[C@@H]1CN([C@@H](C)CO)C(=O)c2cc(C#C[C@@H](C)O)cnc2O[C@@H]1CN(C)Cc1cccc(F)c1. The summed E-state index contributed by atoms with van der Waals surface area (Å²) >= 11 is 0. The minimum atomic E-state index is -0.807. The second-order valence-electron chi connectivity index (χ2n) is 8.97. The Bertz CT molecular complexity index is 1070. The van der Waals surface area contributed by atoms with E-state index in [-0.39, 0.29) is 41.8 Å². The molecule has 2 N–H and O–H groups in total. The third-order valence-electron chi connectivity index (χ3n) is 5.78. The van der Waals surface area contributed by atoms with Crippen LogP contribution in [-0.2, 0) is 6.54 Å². The van der Waals surface area contributed by atoms with E-state index in [1.807, 2.05) is 24.9 Å². The lowest BCUT2D eigenvalue weighted by atomic mass is 9.99. The second kappa shape index (κ2) is 11.4. The van der Waals surface area contributed by atoms with Crippen LogP contribution in [0, 0.1) is 23.6 Å². The van der Waals surface area contributed by atoms with Gasteiger partial charge in [0.15, 0.2) is 0 Å². The summed E-state index contributed by atoms with van der Waals surface area (Å²) in [4.78, 5) is 21.4. The molecule has 4 atom stereocenters. The molecule has 1 aromatic carbocycles. The number of ether oxygens (including phenoxy) is 1. The van der Waals surface area contributed by atoms with Gasteiger partial charge in [0, 0.05) is 37.3 Å². The van der Waals surface area contributed by atoms with Crippen molar-refractivity contribution < 1.29 is 24.1 Å². The van der Waals surface area contributed by atoms with E-state index in [1.54, 1.807) is 30.9 Å². The van der Waals surface area contributed by atoms with Gasteiger partial charge in [0.25, 0.3) is 5.91 Å². The molecule has 0 unspecified atom stereocenters. The highest BCUT2D eigenvalue weighted by molar-refractivity contribution is 5.97. The number of pyridine rings is 1. The first-order chi connectivity index (χ1) is 16.2. The van der Waals surface area contributed by atoms with Crippen molar-refractivity contribution in [2.45, 2.75) is 45.6 Å². The molecule has 8 heteroatoms. The molecule has 2 heterocycles. The standard InChI is InChI=1S/C26H32FN3O4/c1-17-13-30(18(2)16-31)26(33)23-11-20(9-8-19(3)32)12-28-25(23)34-24(17)15-29(4)14-21-6-5-7-22(27)10-21/h5-7,10-12,17-19,24,31-32H,13-16H2,1-4H3/t17-,18+,19-,24-/m1/s1. The lowest BCUT2D eigenvalue weighted by molar-refractivity contribution is 0.0325. The van der Waals surface area contributed by atoms with E-state index in [4.69, 9.17) is 4.74 Å². The number of hydrogen-bond acceptors (Lipinski definition) is 6. The van der Waals surface area contributed by atoms with Gasteiger partial charge in [0.1, 0.15) is 23.6 Å². The van der Waals surface area contributed by atoms with Crippen molar-refractivity contribution in [3.8, 4) is 17.7 Å². The number of nitrogens with zero attached hydrogens (tertiary/aromatic N) is 3. The van der Waals surface area contributed by atoms with E-state index in [9.17, 15) is 19.4 Å². The van der Waals surface area contributed by atoms with E-state index < -0.39 is 12.1 Å². The zero-order valence-corrected chi connectivity index (χ0v) is 20.0. The number of likely N-dealkylation sites (N-methyl/N-ethyl adjacent to an activating group) is 1. The predicted octanol–water partition coefficient (Wildman–Crippen LogP) is 2.31. The molecule has 1 aliphatic rings. The second-order valence-corrected chi connectivity index (χ2v) is 8.97. The Balaban J connectivity index is 1.90. The van der Waals surface area contributed by atoms with Gasteiger partial charge in [-0.1, -0.05) is 30.9 Å². The first-order valence-electron chi connectivity index (χ1n) is 11.4. The molecule has 0 saturated carbocycles. The van der Waals surface area contributed by atoms with Crippen LogP contribution in [-0.4, -0.2) is 75.9 Å². The first kappa shape index (κ1) is 25.6. The molecule has 3 rings (SSSR count). The van der Waals surface area contributed by atoms with Crippen molar-refractivity contribution in [2.75, 3.05) is 26.7 Å². The smallest absolute Gasteiger partial charge is 0.259 e. The van der Waals surface area contributed by atoms with E-state index in [1.165, 1.54) is 18.3 Å². The number of hydrogen-bond donors (Lipinski definition) is 2. The molecule has 0 aliphatic carbocycles. The normalized spacial score (nSPS) is 19.9. The van der Waals surface area contributed by atoms with Crippen LogP contribution in [0.3, 0.4) is 0 Å². The summed E-state index contributed by atoms with van der Waals surface area (Å²) in [5, 5.41) is 19.2. The van der Waals surface area contributed by atoms with E-state index >= 15 is 0 Å². The van der Waals surface area contributed by atoms with Gasteiger partial charge in [-0.15, -0.1) is 0 Å². The number of carbonyl (C=O) groups is 1. The number of fused-ring (bicyclic) bond motifs is 1. The maximum absolute atomic E-state index is 13.6. The Morgan fingerprint density at radius 3 is 2.79 bits per heavy atom. The van der Waals surface area contributed by atoms with Gasteiger partial charge in [-0.2, -0.15) is 0 Å². The predicted molar refractivity (Wildman–Crippen MR) is 127 cm³/mol. The molecular weight excluding hydrogens is 437 g/mol. The summed E-state index contributed by atoms with van der Waals surface area (Å²) < 4.78 is 19.8.